The van der Waals surface area contributed by atoms with E-state index in [4.69, 9.17) is 5.73 Å². The van der Waals surface area contributed by atoms with Gasteiger partial charge in [-0.15, -0.1) is 0 Å². The Labute approximate surface area is 227 Å². The summed E-state index contributed by atoms with van der Waals surface area (Å²) in [6, 6.07) is 3.99. The zero-order valence-electron chi connectivity index (χ0n) is 22.5. The number of H-pyrrole nitrogens is 1. The molecule has 3 rings (SSSR count). The predicted octanol–water partition coefficient (Wildman–Crippen LogP) is -0.540. The Kier molecular flexibility index (Phi) is 10.8. The summed E-state index contributed by atoms with van der Waals surface area (Å²) in [5.41, 5.74) is 8.15. The molecule has 1 atom stereocenters. The maximum absolute atomic E-state index is 13.6. The van der Waals surface area contributed by atoms with Crippen molar-refractivity contribution in [1.29, 1.82) is 0 Å². The number of hydrogen-bond donors (Lipinski definition) is 6. The van der Waals surface area contributed by atoms with Crippen LogP contribution in [0.25, 0.3) is 10.9 Å². The fourth-order valence-electron chi connectivity index (χ4n) is 4.54. The smallest absolute Gasteiger partial charge is 0.312 e. The number of aromatic nitrogens is 1. The number of rotatable bonds is 15. The molecule has 13 heteroatoms. The first-order valence-corrected chi connectivity index (χ1v) is 13.1. The van der Waals surface area contributed by atoms with Crippen molar-refractivity contribution in [3.05, 3.63) is 29.5 Å². The highest BCUT2D eigenvalue weighted by atomic mass is 16.2. The number of carbonyl (C=O) groups is 5. The number of nitrogens with one attached hydrogen (secondary N) is 5. The summed E-state index contributed by atoms with van der Waals surface area (Å²) >= 11 is 0. The lowest BCUT2D eigenvalue weighted by Crippen LogP contribution is -2.51. The lowest BCUT2D eigenvalue weighted by Gasteiger charge is -2.25. The van der Waals surface area contributed by atoms with Crippen LogP contribution in [0.5, 0.6) is 0 Å². The van der Waals surface area contributed by atoms with Crippen LogP contribution >= 0.6 is 0 Å². The average molecular weight is 543 g/mol. The molecule has 5 amide bonds. The Bertz CT molecular complexity index is 1200. The number of nitrogens with zero attached hydrogens (tertiary/aromatic N) is 2. The topological polar surface area (TPSA) is 182 Å². The number of carbonyl (C=O) groups excluding carboxylic acids is 5. The second-order valence-corrected chi connectivity index (χ2v) is 9.52. The summed E-state index contributed by atoms with van der Waals surface area (Å²) in [7, 11) is 1.86. The van der Waals surface area contributed by atoms with E-state index in [-0.39, 0.29) is 30.8 Å². The first-order valence-electron chi connectivity index (χ1n) is 13.1. The number of nitrogens with two attached hydrogens (primary N) is 1. The minimum atomic E-state index is -0.809. The van der Waals surface area contributed by atoms with Gasteiger partial charge in [0.15, 0.2) is 6.29 Å². The van der Waals surface area contributed by atoms with Crippen molar-refractivity contribution >= 4 is 46.6 Å². The number of likely N-dealkylation sites (N-methyl/N-ethyl adjacent to an activating group) is 1. The number of primary amides is 1. The molecule has 1 aromatic carbocycles. The van der Waals surface area contributed by atoms with Crippen molar-refractivity contribution in [1.82, 2.24) is 31.2 Å². The Hall–Kier alpha value is -3.97. The van der Waals surface area contributed by atoms with Gasteiger partial charge in [-0.05, 0) is 56.6 Å². The SMILES string of the molecule is CCN(C)CC(=O)NCCNCC(=O)N[C@@H](CCCNC(N)=O)C(=O)N1CCc2c1ccc1[nH]c(C=O)cc21. The molecule has 212 valence electrons. The van der Waals surface area contributed by atoms with E-state index in [2.05, 4.69) is 26.3 Å². The van der Waals surface area contributed by atoms with Gasteiger partial charge in [0, 0.05) is 42.8 Å². The predicted molar refractivity (Wildman–Crippen MR) is 148 cm³/mol. The van der Waals surface area contributed by atoms with E-state index in [0.717, 1.165) is 35.0 Å². The Morgan fingerprint density at radius 1 is 1.15 bits per heavy atom. The number of anilines is 1. The third-order valence-electron chi connectivity index (χ3n) is 6.65. The van der Waals surface area contributed by atoms with Crippen LogP contribution in [0.4, 0.5) is 10.5 Å². The van der Waals surface area contributed by atoms with Crippen LogP contribution in [0.3, 0.4) is 0 Å². The number of fused-ring (bicyclic) bond motifs is 3. The molecule has 39 heavy (non-hydrogen) atoms. The maximum atomic E-state index is 13.6. The molecule has 2 heterocycles. The number of aromatic amines is 1. The summed E-state index contributed by atoms with van der Waals surface area (Å²) in [5.74, 6) is -0.700. The van der Waals surface area contributed by atoms with E-state index in [9.17, 15) is 24.0 Å². The molecule has 13 nitrogen and oxygen atoms in total. The molecular weight excluding hydrogens is 504 g/mol. The normalized spacial score (nSPS) is 13.3. The Morgan fingerprint density at radius 3 is 2.67 bits per heavy atom. The molecule has 2 aromatic rings. The van der Waals surface area contributed by atoms with Gasteiger partial charge in [-0.3, -0.25) is 24.1 Å². The highest BCUT2D eigenvalue weighted by Gasteiger charge is 2.32. The summed E-state index contributed by atoms with van der Waals surface area (Å²) in [6.45, 7) is 4.50. The first-order chi connectivity index (χ1) is 18.7. The number of hydrogen-bond acceptors (Lipinski definition) is 7. The number of benzene rings is 1. The van der Waals surface area contributed by atoms with E-state index in [1.807, 2.05) is 31.0 Å². The highest BCUT2D eigenvalue weighted by Crippen LogP contribution is 2.35. The van der Waals surface area contributed by atoms with Crippen LogP contribution in [0.15, 0.2) is 18.2 Å². The fourth-order valence-corrected chi connectivity index (χ4v) is 4.54. The average Bonchev–Trinajstić information content (AvgIpc) is 3.53. The van der Waals surface area contributed by atoms with Gasteiger partial charge < -0.3 is 36.9 Å². The highest BCUT2D eigenvalue weighted by molar-refractivity contribution is 6.04. The van der Waals surface area contributed by atoms with Crippen molar-refractivity contribution in [3.8, 4) is 0 Å². The van der Waals surface area contributed by atoms with Gasteiger partial charge in [-0.25, -0.2) is 4.79 Å². The molecule has 0 aliphatic carbocycles. The number of amides is 5. The van der Waals surface area contributed by atoms with Gasteiger partial charge in [0.25, 0.3) is 0 Å². The minimum Gasteiger partial charge on any atom is -0.354 e. The van der Waals surface area contributed by atoms with Crippen molar-refractivity contribution in [2.75, 3.05) is 57.8 Å². The molecule has 0 saturated carbocycles. The van der Waals surface area contributed by atoms with Crippen molar-refractivity contribution < 1.29 is 24.0 Å². The quantitative estimate of drug-likeness (QED) is 0.129. The van der Waals surface area contributed by atoms with Crippen LogP contribution in [0, 0.1) is 0 Å². The molecular formula is C26H38N8O5. The summed E-state index contributed by atoms with van der Waals surface area (Å²) < 4.78 is 0. The van der Waals surface area contributed by atoms with Gasteiger partial charge in [0.1, 0.15) is 6.04 Å². The first kappa shape index (κ1) is 29.6. The molecule has 0 fully saturated rings. The van der Waals surface area contributed by atoms with Crippen LogP contribution < -0.4 is 31.9 Å². The van der Waals surface area contributed by atoms with E-state index < -0.39 is 12.1 Å². The summed E-state index contributed by atoms with van der Waals surface area (Å²) in [5, 5.41) is 12.0. The van der Waals surface area contributed by atoms with E-state index in [1.165, 1.54) is 0 Å². The van der Waals surface area contributed by atoms with Crippen LogP contribution in [-0.2, 0) is 20.8 Å². The minimum absolute atomic E-state index is 0.0247. The van der Waals surface area contributed by atoms with Gasteiger partial charge in [-0.2, -0.15) is 0 Å². The van der Waals surface area contributed by atoms with Gasteiger partial charge in [-0.1, -0.05) is 6.92 Å². The van der Waals surface area contributed by atoms with Crippen LogP contribution in [0.1, 0.15) is 35.8 Å². The molecule has 0 radical (unpaired) electrons. The van der Waals surface area contributed by atoms with Gasteiger partial charge >= 0.3 is 6.03 Å². The van der Waals surface area contributed by atoms with Crippen molar-refractivity contribution in [2.45, 2.75) is 32.2 Å². The molecule has 1 aromatic heterocycles. The van der Waals surface area contributed by atoms with Crippen LogP contribution in [-0.4, -0.2) is 98.8 Å². The molecule has 0 saturated heterocycles. The summed E-state index contributed by atoms with van der Waals surface area (Å²) in [4.78, 5) is 66.9. The van der Waals surface area contributed by atoms with E-state index >= 15 is 0 Å². The third-order valence-corrected chi connectivity index (χ3v) is 6.65. The van der Waals surface area contributed by atoms with Gasteiger partial charge in [0.05, 0.1) is 18.8 Å². The molecule has 7 N–H and O–H groups in total. The van der Waals surface area contributed by atoms with Gasteiger partial charge in [0.2, 0.25) is 17.7 Å². The van der Waals surface area contributed by atoms with Crippen molar-refractivity contribution in [2.24, 2.45) is 5.73 Å². The summed E-state index contributed by atoms with van der Waals surface area (Å²) in [6.07, 6.45) is 2.12. The molecule has 1 aliphatic rings. The zero-order chi connectivity index (χ0) is 28.4. The van der Waals surface area contributed by atoms with E-state index in [1.54, 1.807) is 11.0 Å². The molecule has 0 unspecified atom stereocenters. The molecule has 0 bridgehead atoms. The second kappa shape index (κ2) is 14.3. The van der Waals surface area contributed by atoms with Crippen LogP contribution in [0.2, 0.25) is 0 Å². The Balaban J connectivity index is 1.59. The molecule has 0 spiro atoms. The monoisotopic (exact) mass is 542 g/mol. The third kappa shape index (κ3) is 8.26. The lowest BCUT2D eigenvalue weighted by atomic mass is 10.1. The lowest BCUT2D eigenvalue weighted by molar-refractivity contribution is -0.127. The number of aldehydes is 1. The van der Waals surface area contributed by atoms with Crippen molar-refractivity contribution in [3.63, 3.8) is 0 Å². The number of urea groups is 1. The largest absolute Gasteiger partial charge is 0.354 e. The maximum Gasteiger partial charge on any atom is 0.312 e. The standard InChI is InChI=1S/C26H38N8O5/c1-3-33(2)15-24(37)29-11-10-28-14-23(36)32-21(5-4-9-30-26(27)39)25(38)34-12-8-18-19-13-17(16-35)31-20(19)6-7-22(18)34/h6-7,13,16,21,28,31H,3-5,8-12,14-15H2,1-2H3,(H,29,37)(H,32,36)(H3,27,30,39)/t21-/m0/s1. The Morgan fingerprint density at radius 2 is 1.95 bits per heavy atom. The second-order valence-electron chi connectivity index (χ2n) is 9.52. The molecule has 1 aliphatic heterocycles. The fraction of sp³-hybridized carbons (Fsp3) is 0.500. The van der Waals surface area contributed by atoms with E-state index in [0.29, 0.717) is 51.1 Å². The zero-order valence-corrected chi connectivity index (χ0v) is 22.5.